The number of aryl methyl sites for hydroxylation is 2. The van der Waals surface area contributed by atoms with Crippen LogP contribution in [0.3, 0.4) is 0 Å². The summed E-state index contributed by atoms with van der Waals surface area (Å²) in [6.45, 7) is 4.43. The van der Waals surface area contributed by atoms with Crippen LogP contribution in [-0.4, -0.2) is 16.8 Å². The van der Waals surface area contributed by atoms with Gasteiger partial charge in [-0.15, -0.1) is 0 Å². The molecule has 0 aliphatic rings. The van der Waals surface area contributed by atoms with Crippen molar-refractivity contribution in [1.29, 1.82) is 0 Å². The Morgan fingerprint density at radius 1 is 1.29 bits per heavy atom. The third-order valence-electron chi connectivity index (χ3n) is 4.06. The van der Waals surface area contributed by atoms with E-state index in [1.807, 2.05) is 18.8 Å². The highest BCUT2D eigenvalue weighted by Crippen LogP contribution is 2.29. The summed E-state index contributed by atoms with van der Waals surface area (Å²) in [4.78, 5) is 0. The Labute approximate surface area is 135 Å². The lowest BCUT2D eigenvalue weighted by molar-refractivity contribution is 0.400. The molecule has 2 unspecified atom stereocenters. The first-order valence-corrected chi connectivity index (χ1v) is 8.30. The zero-order valence-electron chi connectivity index (χ0n) is 13.2. The van der Waals surface area contributed by atoms with Gasteiger partial charge in [0.2, 0.25) is 0 Å². The minimum atomic E-state index is 0.345. The number of hydrogen-bond acceptors (Lipinski definition) is 2. The van der Waals surface area contributed by atoms with Crippen LogP contribution in [0.5, 0.6) is 0 Å². The molecule has 0 aliphatic heterocycles. The van der Waals surface area contributed by atoms with Crippen LogP contribution in [0, 0.1) is 5.92 Å². The van der Waals surface area contributed by atoms with Crippen molar-refractivity contribution in [2.24, 2.45) is 13.0 Å². The second-order valence-corrected chi connectivity index (χ2v) is 6.34. The maximum atomic E-state index is 4.59. The summed E-state index contributed by atoms with van der Waals surface area (Å²) in [7, 11) is 4.06. The van der Waals surface area contributed by atoms with E-state index in [2.05, 4.69) is 70.5 Å². The summed E-state index contributed by atoms with van der Waals surface area (Å²) in [5.41, 5.74) is 3.75. The van der Waals surface area contributed by atoms with Crippen LogP contribution < -0.4 is 5.32 Å². The number of nitrogens with one attached hydrogen (secondary N) is 1. The number of halogens is 1. The Bertz CT molecular complexity index is 577. The Hall–Kier alpha value is -1.13. The zero-order chi connectivity index (χ0) is 15.4. The van der Waals surface area contributed by atoms with E-state index in [4.69, 9.17) is 0 Å². The van der Waals surface area contributed by atoms with Gasteiger partial charge in [0, 0.05) is 13.1 Å². The molecule has 0 spiro atoms. The van der Waals surface area contributed by atoms with Crippen molar-refractivity contribution in [3.05, 3.63) is 51.8 Å². The summed E-state index contributed by atoms with van der Waals surface area (Å²) in [5.74, 6) is 0.480. The van der Waals surface area contributed by atoms with Crippen LogP contribution in [-0.2, 0) is 19.9 Å². The molecule has 4 heteroatoms. The number of hydrogen-bond donors (Lipinski definition) is 1. The number of aromatic nitrogens is 2. The van der Waals surface area contributed by atoms with E-state index in [1.165, 1.54) is 15.7 Å². The molecule has 0 bridgehead atoms. The molecule has 1 N–H and O–H groups in total. The van der Waals surface area contributed by atoms with Gasteiger partial charge in [-0.05, 0) is 47.3 Å². The molecule has 0 saturated heterocycles. The molecule has 2 aromatic rings. The fourth-order valence-electron chi connectivity index (χ4n) is 2.90. The molecule has 2 atom stereocenters. The summed E-state index contributed by atoms with van der Waals surface area (Å²) in [6, 6.07) is 11.0. The molecule has 1 aromatic heterocycles. The number of nitrogens with zero attached hydrogens (tertiary/aromatic N) is 2. The molecule has 3 nitrogen and oxygen atoms in total. The largest absolute Gasteiger partial charge is 0.313 e. The third-order valence-corrected chi connectivity index (χ3v) is 4.97. The maximum Gasteiger partial charge on any atom is 0.0766 e. The van der Waals surface area contributed by atoms with E-state index in [-0.39, 0.29) is 0 Å². The fraction of sp³-hybridized carbons (Fsp3) is 0.471. The van der Waals surface area contributed by atoms with Gasteiger partial charge in [0.15, 0.2) is 0 Å². The minimum absolute atomic E-state index is 0.345. The van der Waals surface area contributed by atoms with E-state index >= 15 is 0 Å². The molecule has 0 amide bonds. The van der Waals surface area contributed by atoms with Gasteiger partial charge in [-0.25, -0.2) is 0 Å². The Morgan fingerprint density at radius 3 is 2.48 bits per heavy atom. The van der Waals surface area contributed by atoms with Crippen molar-refractivity contribution < 1.29 is 0 Å². The van der Waals surface area contributed by atoms with Crippen LogP contribution in [0.1, 0.15) is 36.8 Å². The molecular formula is C17H24BrN3. The van der Waals surface area contributed by atoms with Crippen molar-refractivity contribution in [3.8, 4) is 0 Å². The summed E-state index contributed by atoms with van der Waals surface area (Å²) in [6.07, 6.45) is 1.95. The second kappa shape index (κ2) is 7.23. The maximum absolute atomic E-state index is 4.59. The van der Waals surface area contributed by atoms with Gasteiger partial charge in [0.05, 0.1) is 15.9 Å². The first-order valence-electron chi connectivity index (χ1n) is 7.50. The molecule has 0 fully saturated rings. The summed E-state index contributed by atoms with van der Waals surface area (Å²) >= 11 is 3.71. The molecule has 1 aromatic carbocycles. The quantitative estimate of drug-likeness (QED) is 0.857. The topological polar surface area (TPSA) is 29.9 Å². The van der Waals surface area contributed by atoms with Crippen LogP contribution in [0.4, 0.5) is 0 Å². The van der Waals surface area contributed by atoms with E-state index < -0.39 is 0 Å². The van der Waals surface area contributed by atoms with E-state index in [0.717, 1.165) is 18.5 Å². The Morgan fingerprint density at radius 2 is 1.95 bits per heavy atom. The smallest absolute Gasteiger partial charge is 0.0766 e. The SMILES string of the molecule is CCc1nn(C)c(CC(C)C(NC)c2ccccc2)c1Br. The highest BCUT2D eigenvalue weighted by atomic mass is 79.9. The van der Waals surface area contributed by atoms with E-state index in [9.17, 15) is 0 Å². The molecule has 0 aliphatic carbocycles. The van der Waals surface area contributed by atoms with Crippen molar-refractivity contribution >= 4 is 15.9 Å². The standard InChI is InChI=1S/C17H24BrN3/c1-5-14-16(18)15(21(4)20-14)11-12(2)17(19-3)13-9-7-6-8-10-13/h6-10,12,17,19H,5,11H2,1-4H3. The predicted molar refractivity (Wildman–Crippen MR) is 91.4 cm³/mol. The van der Waals surface area contributed by atoms with Crippen molar-refractivity contribution in [3.63, 3.8) is 0 Å². The lowest BCUT2D eigenvalue weighted by atomic mass is 9.91. The monoisotopic (exact) mass is 349 g/mol. The average molecular weight is 350 g/mol. The van der Waals surface area contributed by atoms with Gasteiger partial charge in [-0.2, -0.15) is 5.10 Å². The minimum Gasteiger partial charge on any atom is -0.313 e. The normalized spacial score (nSPS) is 14.1. The summed E-state index contributed by atoms with van der Waals surface area (Å²) < 4.78 is 3.18. The van der Waals surface area contributed by atoms with Gasteiger partial charge in [0.25, 0.3) is 0 Å². The lowest BCUT2D eigenvalue weighted by Gasteiger charge is -2.24. The highest BCUT2D eigenvalue weighted by Gasteiger charge is 2.21. The van der Waals surface area contributed by atoms with Gasteiger partial charge in [-0.1, -0.05) is 44.2 Å². The molecular weight excluding hydrogens is 326 g/mol. The molecule has 21 heavy (non-hydrogen) atoms. The van der Waals surface area contributed by atoms with Gasteiger partial charge < -0.3 is 5.32 Å². The van der Waals surface area contributed by atoms with Gasteiger partial charge >= 0.3 is 0 Å². The molecule has 1 heterocycles. The fourth-order valence-corrected chi connectivity index (χ4v) is 3.68. The third kappa shape index (κ3) is 3.55. The number of rotatable bonds is 6. The zero-order valence-corrected chi connectivity index (χ0v) is 14.8. The van der Waals surface area contributed by atoms with Crippen LogP contribution >= 0.6 is 15.9 Å². The van der Waals surface area contributed by atoms with Crippen LogP contribution in [0.2, 0.25) is 0 Å². The first-order chi connectivity index (χ1) is 10.1. The highest BCUT2D eigenvalue weighted by molar-refractivity contribution is 9.10. The Kier molecular flexibility index (Phi) is 5.59. The lowest BCUT2D eigenvalue weighted by Crippen LogP contribution is -2.25. The van der Waals surface area contributed by atoms with Gasteiger partial charge in [0.1, 0.15) is 0 Å². The van der Waals surface area contributed by atoms with Crippen LogP contribution in [0.15, 0.2) is 34.8 Å². The Balaban J connectivity index is 2.20. The summed E-state index contributed by atoms with van der Waals surface area (Å²) in [5, 5.41) is 8.04. The molecule has 114 valence electrons. The van der Waals surface area contributed by atoms with Crippen LogP contribution in [0.25, 0.3) is 0 Å². The van der Waals surface area contributed by atoms with Crippen molar-refractivity contribution in [2.45, 2.75) is 32.7 Å². The first kappa shape index (κ1) is 16.2. The number of benzene rings is 1. The molecule has 2 rings (SSSR count). The average Bonchev–Trinajstić information content (AvgIpc) is 2.76. The second-order valence-electron chi connectivity index (χ2n) is 5.54. The van der Waals surface area contributed by atoms with Gasteiger partial charge in [-0.3, -0.25) is 4.68 Å². The van der Waals surface area contributed by atoms with Crippen molar-refractivity contribution in [2.75, 3.05) is 7.05 Å². The van der Waals surface area contributed by atoms with Crippen molar-refractivity contribution in [1.82, 2.24) is 15.1 Å². The predicted octanol–water partition coefficient (Wildman–Crippen LogP) is 3.88. The van der Waals surface area contributed by atoms with E-state index in [1.54, 1.807) is 0 Å². The van der Waals surface area contributed by atoms with E-state index in [0.29, 0.717) is 12.0 Å². The molecule has 0 radical (unpaired) electrons. The molecule has 0 saturated carbocycles.